The van der Waals surface area contributed by atoms with Crippen molar-refractivity contribution in [1.29, 1.82) is 0 Å². The molecule has 0 atom stereocenters. The van der Waals surface area contributed by atoms with Gasteiger partial charge in [0.15, 0.2) is 0 Å². The van der Waals surface area contributed by atoms with Crippen molar-refractivity contribution >= 4 is 11.7 Å². The third-order valence-corrected chi connectivity index (χ3v) is 5.51. The first-order valence-corrected chi connectivity index (χ1v) is 9.66. The van der Waals surface area contributed by atoms with Crippen LogP contribution in [-0.2, 0) is 0 Å². The Labute approximate surface area is 151 Å². The molecule has 136 valence electrons. The first-order chi connectivity index (χ1) is 12.1. The smallest absolute Gasteiger partial charge is 0.321 e. The summed E-state index contributed by atoms with van der Waals surface area (Å²) in [7, 11) is 0. The molecule has 1 saturated heterocycles. The molecule has 25 heavy (non-hydrogen) atoms. The second-order valence-corrected chi connectivity index (χ2v) is 7.38. The van der Waals surface area contributed by atoms with Crippen LogP contribution in [0.2, 0.25) is 0 Å². The van der Waals surface area contributed by atoms with Crippen molar-refractivity contribution in [1.82, 2.24) is 9.80 Å². The number of piperazine rings is 1. The molecule has 1 fully saturated rings. The maximum atomic E-state index is 12.6. The lowest BCUT2D eigenvalue weighted by Gasteiger charge is -2.35. The number of amides is 2. The van der Waals surface area contributed by atoms with Gasteiger partial charge in [-0.2, -0.15) is 0 Å². The number of benzene rings is 1. The quantitative estimate of drug-likeness (QED) is 0.827. The number of urea groups is 1. The number of carbonyl (C=O) groups excluding carboxylic acids is 1. The lowest BCUT2D eigenvalue weighted by molar-refractivity contribution is 0.148. The molecule has 1 aliphatic heterocycles. The van der Waals surface area contributed by atoms with Gasteiger partial charge < -0.3 is 10.2 Å². The molecule has 1 heterocycles. The normalized spacial score (nSPS) is 18.8. The van der Waals surface area contributed by atoms with Crippen LogP contribution < -0.4 is 5.32 Å². The highest BCUT2D eigenvalue weighted by atomic mass is 16.2. The van der Waals surface area contributed by atoms with Gasteiger partial charge in [0.25, 0.3) is 0 Å². The van der Waals surface area contributed by atoms with Crippen molar-refractivity contribution < 1.29 is 4.79 Å². The van der Waals surface area contributed by atoms with Crippen molar-refractivity contribution in [3.63, 3.8) is 0 Å². The summed E-state index contributed by atoms with van der Waals surface area (Å²) in [5.41, 5.74) is 4.83. The number of nitrogens with one attached hydrogen (secondary N) is 1. The number of hydrogen-bond donors (Lipinski definition) is 1. The Morgan fingerprint density at radius 1 is 1.08 bits per heavy atom. The second-order valence-electron chi connectivity index (χ2n) is 7.38. The van der Waals surface area contributed by atoms with Gasteiger partial charge in [0.1, 0.15) is 0 Å². The maximum absolute atomic E-state index is 12.6. The van der Waals surface area contributed by atoms with Crippen LogP contribution in [0.5, 0.6) is 0 Å². The van der Waals surface area contributed by atoms with E-state index in [4.69, 9.17) is 0 Å². The van der Waals surface area contributed by atoms with Crippen LogP contribution in [0.25, 0.3) is 0 Å². The van der Waals surface area contributed by atoms with Crippen molar-refractivity contribution in [2.24, 2.45) is 0 Å². The SMILES string of the molecule is Cc1cccc(C)c1NC(=O)N1CCN(CCC2=CCCCC2)CC1. The van der Waals surface area contributed by atoms with E-state index in [1.807, 2.05) is 36.9 Å². The molecule has 4 nitrogen and oxygen atoms in total. The van der Waals surface area contributed by atoms with Crippen LogP contribution in [0, 0.1) is 13.8 Å². The first-order valence-electron chi connectivity index (χ1n) is 9.66. The zero-order valence-electron chi connectivity index (χ0n) is 15.7. The number of para-hydroxylation sites is 1. The second kappa shape index (κ2) is 8.52. The predicted molar refractivity (Wildman–Crippen MR) is 104 cm³/mol. The number of rotatable bonds is 4. The Morgan fingerprint density at radius 2 is 1.80 bits per heavy atom. The molecule has 1 aromatic rings. The lowest BCUT2D eigenvalue weighted by atomic mass is 9.97. The van der Waals surface area contributed by atoms with Gasteiger partial charge in [0.05, 0.1) is 0 Å². The molecule has 0 aromatic heterocycles. The van der Waals surface area contributed by atoms with Crippen molar-refractivity contribution in [2.45, 2.75) is 46.0 Å². The van der Waals surface area contributed by atoms with E-state index in [1.165, 1.54) is 32.1 Å². The van der Waals surface area contributed by atoms with Gasteiger partial charge in [-0.25, -0.2) is 4.79 Å². The van der Waals surface area contributed by atoms with Crippen LogP contribution in [0.3, 0.4) is 0 Å². The molecule has 1 N–H and O–H groups in total. The molecule has 1 aromatic carbocycles. The maximum Gasteiger partial charge on any atom is 0.321 e. The topological polar surface area (TPSA) is 35.6 Å². The molecule has 0 saturated carbocycles. The Hall–Kier alpha value is -1.81. The minimum absolute atomic E-state index is 0.0343. The summed E-state index contributed by atoms with van der Waals surface area (Å²) in [5, 5.41) is 3.11. The van der Waals surface area contributed by atoms with E-state index < -0.39 is 0 Å². The van der Waals surface area contributed by atoms with Gasteiger partial charge in [-0.15, -0.1) is 0 Å². The van der Waals surface area contributed by atoms with Crippen LogP contribution in [0.15, 0.2) is 29.8 Å². The number of nitrogens with zero attached hydrogens (tertiary/aromatic N) is 2. The molecule has 1 aliphatic carbocycles. The van der Waals surface area contributed by atoms with E-state index in [9.17, 15) is 4.79 Å². The number of carbonyl (C=O) groups is 1. The molecule has 0 radical (unpaired) electrons. The largest absolute Gasteiger partial charge is 0.322 e. The number of hydrogen-bond acceptors (Lipinski definition) is 2. The van der Waals surface area contributed by atoms with E-state index in [0.717, 1.165) is 49.5 Å². The monoisotopic (exact) mass is 341 g/mol. The summed E-state index contributed by atoms with van der Waals surface area (Å²) in [6.07, 6.45) is 8.92. The summed E-state index contributed by atoms with van der Waals surface area (Å²) in [4.78, 5) is 17.0. The molecule has 4 heteroatoms. The summed E-state index contributed by atoms with van der Waals surface area (Å²) < 4.78 is 0. The standard InChI is InChI=1S/C21H31N3O/c1-17-7-6-8-18(2)20(17)22-21(25)24-15-13-23(14-16-24)12-11-19-9-4-3-5-10-19/h6-9H,3-5,10-16H2,1-2H3,(H,22,25). The van der Waals surface area contributed by atoms with Crippen molar-refractivity contribution in [2.75, 3.05) is 38.0 Å². The average Bonchev–Trinajstić information content (AvgIpc) is 2.64. The zero-order chi connectivity index (χ0) is 17.6. The van der Waals surface area contributed by atoms with E-state index in [0.29, 0.717) is 0 Å². The van der Waals surface area contributed by atoms with E-state index in [-0.39, 0.29) is 6.03 Å². The van der Waals surface area contributed by atoms with Gasteiger partial charge in [0, 0.05) is 38.4 Å². The molecule has 0 spiro atoms. The fourth-order valence-electron chi connectivity index (χ4n) is 3.81. The molecule has 2 amide bonds. The minimum Gasteiger partial charge on any atom is -0.322 e. The van der Waals surface area contributed by atoms with Crippen LogP contribution in [0.1, 0.15) is 43.2 Å². The van der Waals surface area contributed by atoms with Gasteiger partial charge >= 0.3 is 6.03 Å². The van der Waals surface area contributed by atoms with Gasteiger partial charge in [-0.05, 0) is 57.1 Å². The predicted octanol–water partition coefficient (Wildman–Crippen LogP) is 4.34. The van der Waals surface area contributed by atoms with E-state index >= 15 is 0 Å². The summed E-state index contributed by atoms with van der Waals surface area (Å²) in [5.74, 6) is 0. The third kappa shape index (κ3) is 4.85. The third-order valence-electron chi connectivity index (χ3n) is 5.51. The number of aryl methyl sites for hydroxylation is 2. The Balaban J connectivity index is 1.45. The highest BCUT2D eigenvalue weighted by molar-refractivity contribution is 5.91. The molecule has 2 aliphatic rings. The van der Waals surface area contributed by atoms with Gasteiger partial charge in [-0.3, -0.25) is 4.90 Å². The molecule has 0 unspecified atom stereocenters. The average molecular weight is 341 g/mol. The molecular formula is C21H31N3O. The summed E-state index contributed by atoms with van der Waals surface area (Å²) in [6.45, 7) is 8.81. The lowest BCUT2D eigenvalue weighted by Crippen LogP contribution is -2.50. The number of anilines is 1. The fraction of sp³-hybridized carbons (Fsp3) is 0.571. The van der Waals surface area contributed by atoms with E-state index in [2.05, 4.69) is 16.3 Å². The molecule has 3 rings (SSSR count). The summed E-state index contributed by atoms with van der Waals surface area (Å²) >= 11 is 0. The Morgan fingerprint density at radius 3 is 2.44 bits per heavy atom. The van der Waals surface area contributed by atoms with Crippen LogP contribution in [-0.4, -0.2) is 48.6 Å². The number of allylic oxidation sites excluding steroid dienone is 1. The molecular weight excluding hydrogens is 310 g/mol. The Kier molecular flexibility index (Phi) is 6.14. The fourth-order valence-corrected chi connectivity index (χ4v) is 3.81. The van der Waals surface area contributed by atoms with E-state index in [1.54, 1.807) is 5.57 Å². The van der Waals surface area contributed by atoms with Crippen molar-refractivity contribution in [3.8, 4) is 0 Å². The van der Waals surface area contributed by atoms with Gasteiger partial charge in [-0.1, -0.05) is 29.8 Å². The minimum atomic E-state index is 0.0343. The van der Waals surface area contributed by atoms with Gasteiger partial charge in [0.2, 0.25) is 0 Å². The van der Waals surface area contributed by atoms with Crippen molar-refractivity contribution in [3.05, 3.63) is 41.0 Å². The summed E-state index contributed by atoms with van der Waals surface area (Å²) in [6, 6.07) is 6.15. The highest BCUT2D eigenvalue weighted by Gasteiger charge is 2.21. The molecule has 0 bridgehead atoms. The van der Waals surface area contributed by atoms with Crippen LogP contribution in [0.4, 0.5) is 10.5 Å². The Bertz CT molecular complexity index is 610. The van der Waals surface area contributed by atoms with Crippen LogP contribution >= 0.6 is 0 Å². The highest BCUT2D eigenvalue weighted by Crippen LogP contribution is 2.22. The zero-order valence-corrected chi connectivity index (χ0v) is 15.7. The first kappa shape index (κ1) is 18.0.